The number of thiazole rings is 2. The Labute approximate surface area is 187 Å². The number of aryl methyl sites for hydroxylation is 1. The maximum atomic E-state index is 4.94. The van der Waals surface area contributed by atoms with Gasteiger partial charge >= 0.3 is 0 Å². The van der Waals surface area contributed by atoms with Crippen LogP contribution in [0.1, 0.15) is 12.8 Å². The summed E-state index contributed by atoms with van der Waals surface area (Å²) in [6, 6.07) is 2.67. The molecule has 1 aliphatic rings. The van der Waals surface area contributed by atoms with E-state index in [0.29, 0.717) is 6.04 Å². The molecule has 10 heteroatoms. The van der Waals surface area contributed by atoms with Crippen LogP contribution in [0.15, 0.2) is 30.9 Å². The number of hydrogen-bond acceptors (Lipinski definition) is 8. The van der Waals surface area contributed by atoms with E-state index in [0.717, 1.165) is 73.5 Å². The molecule has 1 fully saturated rings. The van der Waals surface area contributed by atoms with E-state index in [1.165, 1.54) is 0 Å². The summed E-state index contributed by atoms with van der Waals surface area (Å²) in [7, 11) is 4.20. The monoisotopic (exact) mass is 450 g/mol. The van der Waals surface area contributed by atoms with Crippen molar-refractivity contribution in [1.29, 1.82) is 0 Å². The predicted octanol–water partition coefficient (Wildman–Crippen LogP) is 3.88. The number of hydrogen-bond donors (Lipinski definition) is 2. The molecular weight excluding hydrogens is 428 g/mol. The number of nitrogens with zero attached hydrogens (tertiary/aromatic N) is 6. The summed E-state index contributed by atoms with van der Waals surface area (Å²) >= 11 is 3.29. The Bertz CT molecular complexity index is 1330. The van der Waals surface area contributed by atoms with Crippen molar-refractivity contribution in [1.82, 2.24) is 35.0 Å². The van der Waals surface area contributed by atoms with Crippen LogP contribution in [-0.4, -0.2) is 55.9 Å². The van der Waals surface area contributed by atoms with Crippen LogP contribution < -0.4 is 10.2 Å². The second-order valence-corrected chi connectivity index (χ2v) is 9.85. The Morgan fingerprint density at radius 2 is 1.97 bits per heavy atom. The fraction of sp³-hybridized carbons (Fsp3) is 0.333. The molecule has 1 aliphatic heterocycles. The van der Waals surface area contributed by atoms with Crippen molar-refractivity contribution < 1.29 is 0 Å². The molecule has 5 aromatic heterocycles. The highest BCUT2D eigenvalue weighted by atomic mass is 32.1. The quantitative estimate of drug-likeness (QED) is 0.432. The fourth-order valence-electron chi connectivity index (χ4n) is 4.32. The minimum atomic E-state index is 0.543. The molecule has 6 rings (SSSR count). The van der Waals surface area contributed by atoms with Crippen molar-refractivity contribution in [2.75, 3.05) is 25.0 Å². The maximum Gasteiger partial charge on any atom is 0.188 e. The minimum absolute atomic E-state index is 0.543. The van der Waals surface area contributed by atoms with Gasteiger partial charge in [0.1, 0.15) is 10.7 Å². The number of fused-ring (bicyclic) bond motifs is 2. The van der Waals surface area contributed by atoms with E-state index in [1.807, 2.05) is 25.6 Å². The summed E-state index contributed by atoms with van der Waals surface area (Å²) in [6.07, 6.45) is 10.0. The summed E-state index contributed by atoms with van der Waals surface area (Å²) < 4.78 is 2.11. The second kappa shape index (κ2) is 7.40. The number of piperidine rings is 1. The number of rotatable bonds is 4. The van der Waals surface area contributed by atoms with Crippen LogP contribution in [0.4, 0.5) is 5.13 Å². The average molecular weight is 451 g/mol. The summed E-state index contributed by atoms with van der Waals surface area (Å²) in [5.41, 5.74) is 4.07. The third-order valence-electron chi connectivity index (χ3n) is 6.04. The van der Waals surface area contributed by atoms with Gasteiger partial charge in [0.2, 0.25) is 0 Å². The molecule has 0 amide bonds. The van der Waals surface area contributed by atoms with Gasteiger partial charge in [-0.25, -0.2) is 9.97 Å². The van der Waals surface area contributed by atoms with Crippen LogP contribution in [0.5, 0.6) is 0 Å². The van der Waals surface area contributed by atoms with Crippen molar-refractivity contribution in [2.24, 2.45) is 7.05 Å². The molecule has 31 heavy (non-hydrogen) atoms. The van der Waals surface area contributed by atoms with Gasteiger partial charge in [0.15, 0.2) is 14.8 Å². The third-order valence-corrected chi connectivity index (χ3v) is 8.17. The Morgan fingerprint density at radius 3 is 2.74 bits per heavy atom. The number of aromatic nitrogens is 6. The Kier molecular flexibility index (Phi) is 4.51. The van der Waals surface area contributed by atoms with E-state index in [4.69, 9.17) is 15.0 Å². The molecule has 0 radical (unpaired) electrons. The summed E-state index contributed by atoms with van der Waals surface area (Å²) in [5, 5.41) is 13.5. The number of nitrogens with one attached hydrogen (secondary N) is 2. The van der Waals surface area contributed by atoms with Crippen molar-refractivity contribution in [3.05, 3.63) is 30.9 Å². The van der Waals surface area contributed by atoms with Crippen LogP contribution in [0, 0.1) is 0 Å². The van der Waals surface area contributed by atoms with Gasteiger partial charge in [-0.05, 0) is 32.0 Å². The minimum Gasteiger partial charge on any atom is -0.349 e. The van der Waals surface area contributed by atoms with Crippen molar-refractivity contribution in [2.45, 2.75) is 18.9 Å². The molecule has 0 atom stereocenters. The third kappa shape index (κ3) is 3.13. The highest BCUT2D eigenvalue weighted by Gasteiger charge is 2.23. The van der Waals surface area contributed by atoms with Crippen LogP contribution in [-0.2, 0) is 7.05 Å². The molecule has 5 aromatic rings. The SMILES string of the molecule is CN(c1nc2sc(-c3ncc(-c4cn[nH]c4)c4ccn(C)c34)nc2s1)C1CCNCC1. The zero-order valence-corrected chi connectivity index (χ0v) is 18.9. The largest absolute Gasteiger partial charge is 0.349 e. The molecule has 158 valence electrons. The van der Waals surface area contributed by atoms with Gasteiger partial charge in [-0.15, -0.1) is 0 Å². The second-order valence-electron chi connectivity index (χ2n) is 7.91. The van der Waals surface area contributed by atoms with Crippen LogP contribution >= 0.6 is 22.7 Å². The lowest BCUT2D eigenvalue weighted by Crippen LogP contribution is -2.41. The van der Waals surface area contributed by atoms with Crippen molar-refractivity contribution >= 4 is 48.4 Å². The standard InChI is InChI=1S/C21H22N8S2/c1-28-8-5-14-15(12-9-24-25-10-12)11-23-16(17(14)28)18-26-19-20(30-18)27-21(31-19)29(2)13-3-6-22-7-4-13/h5,8-11,13,22H,3-4,6-7H2,1-2H3,(H,24,25). The molecule has 0 unspecified atom stereocenters. The molecule has 1 saturated heterocycles. The van der Waals surface area contributed by atoms with Gasteiger partial charge in [-0.3, -0.25) is 10.1 Å². The Balaban J connectivity index is 1.39. The van der Waals surface area contributed by atoms with E-state index in [9.17, 15) is 0 Å². The van der Waals surface area contributed by atoms with E-state index in [2.05, 4.69) is 44.3 Å². The molecule has 0 spiro atoms. The number of anilines is 1. The molecule has 8 nitrogen and oxygen atoms in total. The van der Waals surface area contributed by atoms with Gasteiger partial charge < -0.3 is 14.8 Å². The van der Waals surface area contributed by atoms with Gasteiger partial charge in [0.05, 0.1) is 11.7 Å². The van der Waals surface area contributed by atoms with Gasteiger partial charge in [-0.1, -0.05) is 22.7 Å². The lowest BCUT2D eigenvalue weighted by Gasteiger charge is -2.31. The van der Waals surface area contributed by atoms with E-state index < -0.39 is 0 Å². The van der Waals surface area contributed by atoms with Gasteiger partial charge in [-0.2, -0.15) is 5.10 Å². The van der Waals surface area contributed by atoms with Gasteiger partial charge in [0.25, 0.3) is 0 Å². The zero-order chi connectivity index (χ0) is 20.9. The average Bonchev–Trinajstić information content (AvgIpc) is 3.57. The van der Waals surface area contributed by atoms with Crippen molar-refractivity contribution in [3.8, 4) is 21.8 Å². The number of aromatic amines is 1. The topological polar surface area (TPSA) is 87.6 Å². The van der Waals surface area contributed by atoms with Crippen LogP contribution in [0.2, 0.25) is 0 Å². The summed E-state index contributed by atoms with van der Waals surface area (Å²) in [4.78, 5) is 19.0. The lowest BCUT2D eigenvalue weighted by molar-refractivity contribution is 0.443. The van der Waals surface area contributed by atoms with E-state index in [1.54, 1.807) is 22.7 Å². The van der Waals surface area contributed by atoms with Crippen LogP contribution in [0.25, 0.3) is 42.4 Å². The van der Waals surface area contributed by atoms with E-state index in [-0.39, 0.29) is 0 Å². The molecule has 0 aliphatic carbocycles. The Morgan fingerprint density at radius 1 is 1.13 bits per heavy atom. The first kappa shape index (κ1) is 18.9. The van der Waals surface area contributed by atoms with Crippen molar-refractivity contribution in [3.63, 3.8) is 0 Å². The normalized spacial score (nSPS) is 15.3. The molecule has 0 saturated carbocycles. The first-order valence-electron chi connectivity index (χ1n) is 10.3. The first-order chi connectivity index (χ1) is 15.2. The molecule has 6 heterocycles. The predicted molar refractivity (Wildman–Crippen MR) is 127 cm³/mol. The first-order valence-corrected chi connectivity index (χ1v) is 12.0. The number of pyridine rings is 1. The maximum absolute atomic E-state index is 4.94. The van der Waals surface area contributed by atoms with Crippen LogP contribution in [0.3, 0.4) is 0 Å². The molecular formula is C21H22N8S2. The Hall–Kier alpha value is -2.82. The molecule has 2 N–H and O–H groups in total. The summed E-state index contributed by atoms with van der Waals surface area (Å²) in [5.74, 6) is 0. The molecule has 0 bridgehead atoms. The van der Waals surface area contributed by atoms with Gasteiger partial charge in [0, 0.05) is 55.2 Å². The highest BCUT2D eigenvalue weighted by Crippen LogP contribution is 2.40. The number of H-pyrrole nitrogens is 1. The highest BCUT2D eigenvalue weighted by molar-refractivity contribution is 7.29. The fourth-order valence-corrected chi connectivity index (χ4v) is 6.39. The lowest BCUT2D eigenvalue weighted by atomic mass is 10.1. The summed E-state index contributed by atoms with van der Waals surface area (Å²) in [6.45, 7) is 2.15. The van der Waals surface area contributed by atoms with E-state index >= 15 is 0 Å². The molecule has 0 aromatic carbocycles. The smallest absolute Gasteiger partial charge is 0.188 e. The zero-order valence-electron chi connectivity index (χ0n) is 17.3.